The molecular formula is C19H18Cl2N2O6S. The molecule has 1 fully saturated rings. The van der Waals surface area contributed by atoms with E-state index in [1.165, 1.54) is 7.11 Å². The van der Waals surface area contributed by atoms with Gasteiger partial charge in [-0.1, -0.05) is 40.5 Å². The number of carbonyl (C=O) groups is 2. The van der Waals surface area contributed by atoms with Gasteiger partial charge >= 0.3 is 5.97 Å². The molecule has 2 heterocycles. The molecule has 8 nitrogen and oxygen atoms in total. The van der Waals surface area contributed by atoms with Crippen LogP contribution >= 0.6 is 23.2 Å². The van der Waals surface area contributed by atoms with Crippen molar-refractivity contribution in [2.45, 2.75) is 18.1 Å². The highest BCUT2D eigenvalue weighted by atomic mass is 35.5. The van der Waals surface area contributed by atoms with Crippen LogP contribution in [-0.4, -0.2) is 56.3 Å². The maximum absolute atomic E-state index is 13.2. The first-order valence-corrected chi connectivity index (χ1v) is 11.7. The van der Waals surface area contributed by atoms with Crippen LogP contribution in [0.2, 0.25) is 10.0 Å². The molecule has 1 aromatic carbocycles. The van der Waals surface area contributed by atoms with Crippen molar-refractivity contribution in [2.24, 2.45) is 17.0 Å². The van der Waals surface area contributed by atoms with Gasteiger partial charge in [-0.3, -0.25) is 9.59 Å². The Bertz CT molecular complexity index is 1070. The van der Waals surface area contributed by atoms with Crippen molar-refractivity contribution in [3.05, 3.63) is 46.0 Å². The predicted octanol–water partition coefficient (Wildman–Crippen LogP) is 1.74. The largest absolute Gasteiger partial charge is 0.469 e. The molecule has 0 spiro atoms. The minimum Gasteiger partial charge on any atom is -0.469 e. The Morgan fingerprint density at radius 1 is 1.23 bits per heavy atom. The summed E-state index contributed by atoms with van der Waals surface area (Å²) in [5.74, 6) is -3.04. The number of methoxy groups -OCH3 is 1. The number of sulfone groups is 1. The van der Waals surface area contributed by atoms with Gasteiger partial charge in [-0.15, -0.1) is 0 Å². The third-order valence-corrected chi connectivity index (χ3v) is 7.65. The van der Waals surface area contributed by atoms with Gasteiger partial charge in [-0.25, -0.2) is 8.42 Å². The molecule has 11 heteroatoms. The van der Waals surface area contributed by atoms with E-state index >= 15 is 0 Å². The number of esters is 1. The van der Waals surface area contributed by atoms with Gasteiger partial charge in [0.2, 0.25) is 5.60 Å². The summed E-state index contributed by atoms with van der Waals surface area (Å²) in [7, 11) is -2.26. The Labute approximate surface area is 183 Å². The van der Waals surface area contributed by atoms with E-state index in [0.717, 1.165) is 0 Å². The second kappa shape index (κ2) is 7.55. The van der Waals surface area contributed by atoms with Gasteiger partial charge in [0, 0.05) is 21.7 Å². The second-order valence-electron chi connectivity index (χ2n) is 7.55. The molecular weight excluding hydrogens is 455 g/mol. The number of fused-ring (bicyclic) bond motifs is 1. The lowest BCUT2D eigenvalue weighted by atomic mass is 9.84. The molecule has 1 N–H and O–H groups in total. The van der Waals surface area contributed by atoms with Crippen LogP contribution in [0.3, 0.4) is 0 Å². The summed E-state index contributed by atoms with van der Waals surface area (Å²) in [5, 5.41) is 7.53. The highest BCUT2D eigenvalue weighted by Gasteiger charge is 2.63. The van der Waals surface area contributed by atoms with E-state index in [-0.39, 0.29) is 5.75 Å². The molecule has 30 heavy (non-hydrogen) atoms. The van der Waals surface area contributed by atoms with E-state index in [1.807, 2.05) is 0 Å². The molecule has 0 aromatic heterocycles. The minimum absolute atomic E-state index is 0.283. The molecule has 0 radical (unpaired) electrons. The molecule has 0 bridgehead atoms. The normalized spacial score (nSPS) is 31.0. The number of benzene rings is 1. The number of hydrogen-bond donors (Lipinski definition) is 1. The maximum atomic E-state index is 13.2. The summed E-state index contributed by atoms with van der Waals surface area (Å²) in [6.07, 6.45) is 3.66. The van der Waals surface area contributed by atoms with Gasteiger partial charge in [-0.2, -0.15) is 0 Å². The summed E-state index contributed by atoms with van der Waals surface area (Å²) in [5.41, 5.74) is -0.874. The summed E-state index contributed by atoms with van der Waals surface area (Å²) >= 11 is 12.1. The number of carbonyl (C=O) groups excluding carboxylic acids is 2. The first kappa shape index (κ1) is 21.1. The van der Waals surface area contributed by atoms with Crippen LogP contribution in [0, 0.1) is 11.8 Å². The number of nitrogens with one attached hydrogen (secondary N) is 1. The molecule has 4 atom stereocenters. The Balaban J connectivity index is 1.58. The van der Waals surface area contributed by atoms with E-state index in [1.54, 1.807) is 30.4 Å². The van der Waals surface area contributed by atoms with Gasteiger partial charge in [0.25, 0.3) is 5.91 Å². The zero-order chi connectivity index (χ0) is 21.7. The first-order chi connectivity index (χ1) is 14.1. The van der Waals surface area contributed by atoms with E-state index in [2.05, 4.69) is 10.5 Å². The Hall–Kier alpha value is -2.10. The minimum atomic E-state index is -3.56. The Morgan fingerprint density at radius 3 is 2.60 bits per heavy atom. The molecule has 2 aliphatic heterocycles. The fraction of sp³-hybridized carbons (Fsp3) is 0.421. The number of oxime groups is 1. The number of ether oxygens (including phenoxy) is 1. The van der Waals surface area contributed by atoms with Crippen LogP contribution in [0.4, 0.5) is 0 Å². The quantitative estimate of drug-likeness (QED) is 0.527. The average molecular weight is 473 g/mol. The zero-order valence-electron chi connectivity index (χ0n) is 15.8. The van der Waals surface area contributed by atoms with Gasteiger partial charge in [0.15, 0.2) is 9.84 Å². The van der Waals surface area contributed by atoms with Crippen LogP contribution < -0.4 is 5.32 Å². The smallest absolute Gasteiger partial charge is 0.312 e. The number of halogens is 2. The molecule has 1 saturated heterocycles. The van der Waals surface area contributed by atoms with Crippen molar-refractivity contribution in [3.8, 4) is 0 Å². The fourth-order valence-electron chi connectivity index (χ4n) is 4.10. The fourth-order valence-corrected chi connectivity index (χ4v) is 6.72. The highest BCUT2D eigenvalue weighted by Crippen LogP contribution is 2.42. The summed E-state index contributed by atoms with van der Waals surface area (Å²) in [6.45, 7) is 0. The molecule has 1 aromatic rings. The Morgan fingerprint density at radius 2 is 1.93 bits per heavy atom. The van der Waals surface area contributed by atoms with Crippen LogP contribution in [0.15, 0.2) is 35.5 Å². The number of rotatable bonds is 4. The van der Waals surface area contributed by atoms with Crippen LogP contribution in [0.25, 0.3) is 0 Å². The first-order valence-electron chi connectivity index (χ1n) is 9.13. The summed E-state index contributed by atoms with van der Waals surface area (Å²) in [6, 6.07) is 4.27. The van der Waals surface area contributed by atoms with Gasteiger partial charge < -0.3 is 14.9 Å². The van der Waals surface area contributed by atoms with E-state index in [9.17, 15) is 18.0 Å². The van der Waals surface area contributed by atoms with Gasteiger partial charge in [-0.05, 0) is 24.6 Å². The highest BCUT2D eigenvalue weighted by molar-refractivity contribution is 7.91. The van der Waals surface area contributed by atoms with Crippen molar-refractivity contribution < 1.29 is 27.6 Å². The number of amides is 1. The third-order valence-electron chi connectivity index (χ3n) is 5.50. The second-order valence-corrected chi connectivity index (χ2v) is 10.5. The SMILES string of the molecule is COC(=O)[C@@H]1C=C[C@H](NC(=O)C23CS(=O)(=O)CC2C(c2cc(Cl)cc(Cl)c2)=NO3)C1. The molecule has 3 aliphatic rings. The van der Waals surface area contributed by atoms with Crippen molar-refractivity contribution in [1.82, 2.24) is 5.32 Å². The lowest BCUT2D eigenvalue weighted by molar-refractivity contribution is -0.146. The third kappa shape index (κ3) is 3.70. The van der Waals surface area contributed by atoms with Crippen molar-refractivity contribution in [1.29, 1.82) is 0 Å². The van der Waals surface area contributed by atoms with E-state index in [4.69, 9.17) is 32.8 Å². The number of hydrogen-bond acceptors (Lipinski definition) is 7. The summed E-state index contributed by atoms with van der Waals surface area (Å²) in [4.78, 5) is 30.4. The van der Waals surface area contributed by atoms with E-state index in [0.29, 0.717) is 27.7 Å². The molecule has 4 rings (SSSR count). The van der Waals surface area contributed by atoms with Crippen molar-refractivity contribution in [3.63, 3.8) is 0 Å². The van der Waals surface area contributed by atoms with E-state index < -0.39 is 50.9 Å². The molecule has 1 amide bonds. The van der Waals surface area contributed by atoms with Crippen molar-refractivity contribution >= 4 is 50.6 Å². The molecule has 0 saturated carbocycles. The maximum Gasteiger partial charge on any atom is 0.312 e. The van der Waals surface area contributed by atoms with Gasteiger partial charge in [0.1, 0.15) is 5.75 Å². The average Bonchev–Trinajstić information content (AvgIpc) is 3.32. The molecule has 160 valence electrons. The van der Waals surface area contributed by atoms with Crippen molar-refractivity contribution in [2.75, 3.05) is 18.6 Å². The predicted molar refractivity (Wildman–Crippen MR) is 110 cm³/mol. The topological polar surface area (TPSA) is 111 Å². The monoisotopic (exact) mass is 472 g/mol. The molecule has 2 unspecified atom stereocenters. The zero-order valence-corrected chi connectivity index (χ0v) is 18.1. The molecule has 1 aliphatic carbocycles. The van der Waals surface area contributed by atoms with Crippen LogP contribution in [-0.2, 0) is 29.0 Å². The van der Waals surface area contributed by atoms with Crippen LogP contribution in [0.1, 0.15) is 12.0 Å². The van der Waals surface area contributed by atoms with Gasteiger partial charge in [0.05, 0.1) is 30.4 Å². The summed E-state index contributed by atoms with van der Waals surface area (Å²) < 4.78 is 29.6. The van der Waals surface area contributed by atoms with Crippen LogP contribution in [0.5, 0.6) is 0 Å². The Kier molecular flexibility index (Phi) is 5.32. The lowest BCUT2D eigenvalue weighted by Gasteiger charge is -2.26. The number of nitrogens with zero attached hydrogens (tertiary/aromatic N) is 1. The lowest BCUT2D eigenvalue weighted by Crippen LogP contribution is -2.54. The standard InChI is InChI=1S/C19H18Cl2N2O6S/c1-28-17(24)10-2-3-14(6-10)22-18(25)19-9-30(26,27)8-15(19)16(23-29-19)11-4-12(20)7-13(21)5-11/h2-5,7,10,14-15H,6,8-9H2,1H3,(H,22,25)/t10-,14+,15?,19?/m1/s1.